The van der Waals surface area contributed by atoms with Crippen LogP contribution in [0.25, 0.3) is 0 Å². The molecule has 8 heteroatoms. The van der Waals surface area contributed by atoms with E-state index in [1.807, 2.05) is 39.0 Å². The molecule has 3 N–H and O–H groups in total. The van der Waals surface area contributed by atoms with Crippen LogP contribution in [0, 0.1) is 0 Å². The van der Waals surface area contributed by atoms with E-state index in [0.29, 0.717) is 35.4 Å². The van der Waals surface area contributed by atoms with Crippen molar-refractivity contribution in [2.45, 2.75) is 26.8 Å². The molecule has 29 heavy (non-hydrogen) atoms. The summed E-state index contributed by atoms with van der Waals surface area (Å²) in [6.45, 7) is 6.56. The molecule has 0 aliphatic heterocycles. The van der Waals surface area contributed by atoms with Crippen LogP contribution in [0.2, 0.25) is 5.02 Å². The minimum atomic E-state index is -0.631. The predicted octanol–water partition coefficient (Wildman–Crippen LogP) is 4.14. The van der Waals surface area contributed by atoms with Crippen molar-refractivity contribution in [3.8, 4) is 11.5 Å². The van der Waals surface area contributed by atoms with Crippen LogP contribution in [0.1, 0.15) is 32.4 Å². The van der Waals surface area contributed by atoms with E-state index in [4.69, 9.17) is 21.1 Å². The number of halogens is 1. The maximum atomic E-state index is 12.1. The maximum absolute atomic E-state index is 12.1. The van der Waals surface area contributed by atoms with Gasteiger partial charge in [0.05, 0.1) is 19.8 Å². The molecule has 0 spiro atoms. The molecule has 2 rings (SSSR count). The largest absolute Gasteiger partial charge is 0.490 e. The number of carbonyl (C=O) groups excluding carboxylic acids is 2. The Morgan fingerprint density at radius 3 is 2.41 bits per heavy atom. The molecule has 0 unspecified atom stereocenters. The average molecular weight is 420 g/mol. The van der Waals surface area contributed by atoms with E-state index in [1.54, 1.807) is 24.3 Å². The Balaban J connectivity index is 1.87. The molecule has 0 saturated carbocycles. The second-order valence-electron chi connectivity index (χ2n) is 6.15. The highest BCUT2D eigenvalue weighted by molar-refractivity contribution is 6.31. The summed E-state index contributed by atoms with van der Waals surface area (Å²) in [6, 6.07) is 11.6. The van der Waals surface area contributed by atoms with Crippen molar-refractivity contribution < 1.29 is 19.1 Å². The van der Waals surface area contributed by atoms with Crippen molar-refractivity contribution in [3.05, 3.63) is 53.1 Å². The predicted molar refractivity (Wildman–Crippen MR) is 114 cm³/mol. The molecule has 2 aromatic carbocycles. The fraction of sp³-hybridized carbons (Fsp3) is 0.333. The van der Waals surface area contributed by atoms with Crippen LogP contribution >= 0.6 is 11.6 Å². The fourth-order valence-corrected chi connectivity index (χ4v) is 2.94. The lowest BCUT2D eigenvalue weighted by molar-refractivity contribution is -0.119. The molecule has 1 atom stereocenters. The lowest BCUT2D eigenvalue weighted by Gasteiger charge is -2.15. The number of rotatable bonds is 9. The summed E-state index contributed by atoms with van der Waals surface area (Å²) in [5.74, 6) is 0.653. The molecule has 0 radical (unpaired) electrons. The molecule has 0 saturated heterocycles. The zero-order chi connectivity index (χ0) is 21.2. The van der Waals surface area contributed by atoms with Gasteiger partial charge in [-0.25, -0.2) is 4.79 Å². The number of ether oxygens (including phenoxy) is 2. The molecular weight excluding hydrogens is 394 g/mol. The molecule has 7 nitrogen and oxygen atoms in total. The van der Waals surface area contributed by atoms with Gasteiger partial charge in [-0.05, 0) is 44.5 Å². The first-order valence-electron chi connectivity index (χ1n) is 9.42. The smallest absolute Gasteiger partial charge is 0.325 e. The Morgan fingerprint density at radius 2 is 1.72 bits per heavy atom. The molecule has 0 aromatic heterocycles. The molecule has 2 aromatic rings. The Kier molecular flexibility index (Phi) is 8.76. The molecular formula is C21H26ClN3O4. The summed E-state index contributed by atoms with van der Waals surface area (Å²) in [5.41, 5.74) is 1.36. The molecule has 0 heterocycles. The summed E-state index contributed by atoms with van der Waals surface area (Å²) in [4.78, 5) is 24.2. The highest BCUT2D eigenvalue weighted by Gasteiger charge is 2.13. The fourth-order valence-electron chi connectivity index (χ4n) is 2.64. The van der Waals surface area contributed by atoms with Gasteiger partial charge in [-0.15, -0.1) is 0 Å². The standard InChI is InChI=1S/C21H26ClN3O4/c1-4-28-18-11-10-15(12-19(18)29-5-2)24-21(27)25-20(26)13-23-14(3)16-8-6-7-9-17(16)22/h6-12,14,23H,4-5,13H2,1-3H3,(H2,24,25,26,27)/t14-/m1/s1. The number of amides is 3. The van der Waals surface area contributed by atoms with Crippen molar-refractivity contribution in [2.75, 3.05) is 25.1 Å². The number of anilines is 1. The summed E-state index contributed by atoms with van der Waals surface area (Å²) < 4.78 is 11.0. The summed E-state index contributed by atoms with van der Waals surface area (Å²) in [7, 11) is 0. The quantitative estimate of drug-likeness (QED) is 0.568. The number of hydrogen-bond donors (Lipinski definition) is 3. The molecule has 0 aliphatic rings. The van der Waals surface area contributed by atoms with Gasteiger partial charge in [0.15, 0.2) is 11.5 Å². The molecule has 0 fully saturated rings. The summed E-state index contributed by atoms with van der Waals surface area (Å²) >= 11 is 6.15. The Hall–Kier alpha value is -2.77. The number of nitrogens with one attached hydrogen (secondary N) is 3. The van der Waals surface area contributed by atoms with E-state index in [0.717, 1.165) is 5.56 Å². The zero-order valence-corrected chi connectivity index (χ0v) is 17.5. The van der Waals surface area contributed by atoms with Crippen LogP contribution in [0.5, 0.6) is 11.5 Å². The number of hydrogen-bond acceptors (Lipinski definition) is 5. The Labute approximate surface area is 175 Å². The van der Waals surface area contributed by atoms with E-state index < -0.39 is 11.9 Å². The second kappa shape index (κ2) is 11.3. The second-order valence-corrected chi connectivity index (χ2v) is 6.56. The van der Waals surface area contributed by atoms with Crippen LogP contribution in [0.15, 0.2) is 42.5 Å². The van der Waals surface area contributed by atoms with E-state index >= 15 is 0 Å². The Bertz CT molecular complexity index is 844. The average Bonchev–Trinajstić information content (AvgIpc) is 2.68. The first-order chi connectivity index (χ1) is 13.9. The van der Waals surface area contributed by atoms with Crippen LogP contribution < -0.4 is 25.4 Å². The molecule has 156 valence electrons. The maximum Gasteiger partial charge on any atom is 0.325 e. The first kappa shape index (κ1) is 22.5. The van der Waals surface area contributed by atoms with Gasteiger partial charge in [-0.1, -0.05) is 29.8 Å². The molecule has 0 bridgehead atoms. The Morgan fingerprint density at radius 1 is 1.03 bits per heavy atom. The van der Waals surface area contributed by atoms with Crippen molar-refractivity contribution >= 4 is 29.2 Å². The van der Waals surface area contributed by atoms with Gasteiger partial charge in [0.2, 0.25) is 5.91 Å². The molecule has 3 amide bonds. The first-order valence-corrected chi connectivity index (χ1v) is 9.80. The third-order valence-electron chi connectivity index (χ3n) is 3.99. The SMILES string of the molecule is CCOc1ccc(NC(=O)NC(=O)CN[C@H](C)c2ccccc2Cl)cc1OCC. The van der Waals surface area contributed by atoms with Gasteiger partial charge < -0.3 is 20.1 Å². The number of benzene rings is 2. The highest BCUT2D eigenvalue weighted by Crippen LogP contribution is 2.30. The third kappa shape index (κ3) is 6.96. The van der Waals surface area contributed by atoms with Crippen molar-refractivity contribution in [3.63, 3.8) is 0 Å². The van der Waals surface area contributed by atoms with Crippen LogP contribution in [-0.2, 0) is 4.79 Å². The minimum Gasteiger partial charge on any atom is -0.490 e. The van der Waals surface area contributed by atoms with Gasteiger partial charge >= 0.3 is 6.03 Å². The van der Waals surface area contributed by atoms with Gasteiger partial charge in [0.25, 0.3) is 0 Å². The van der Waals surface area contributed by atoms with E-state index in [9.17, 15) is 9.59 Å². The van der Waals surface area contributed by atoms with Crippen molar-refractivity contribution in [1.82, 2.24) is 10.6 Å². The van der Waals surface area contributed by atoms with Gasteiger partial charge in [-0.3, -0.25) is 10.1 Å². The monoisotopic (exact) mass is 419 g/mol. The number of urea groups is 1. The normalized spacial score (nSPS) is 11.4. The zero-order valence-electron chi connectivity index (χ0n) is 16.8. The van der Waals surface area contributed by atoms with Crippen molar-refractivity contribution in [1.29, 1.82) is 0 Å². The number of imide groups is 1. The lowest BCUT2D eigenvalue weighted by atomic mass is 10.1. The van der Waals surface area contributed by atoms with E-state index in [2.05, 4.69) is 16.0 Å². The van der Waals surface area contributed by atoms with Gasteiger partial charge in [0, 0.05) is 22.8 Å². The summed E-state index contributed by atoms with van der Waals surface area (Å²) in [5, 5.41) is 8.56. The summed E-state index contributed by atoms with van der Waals surface area (Å²) in [6.07, 6.45) is 0. The lowest BCUT2D eigenvalue weighted by Crippen LogP contribution is -2.40. The van der Waals surface area contributed by atoms with Gasteiger partial charge in [-0.2, -0.15) is 0 Å². The number of carbonyl (C=O) groups is 2. The minimum absolute atomic E-state index is 0.0344. The topological polar surface area (TPSA) is 88.7 Å². The van der Waals surface area contributed by atoms with E-state index in [-0.39, 0.29) is 12.6 Å². The van der Waals surface area contributed by atoms with E-state index in [1.165, 1.54) is 0 Å². The van der Waals surface area contributed by atoms with Crippen LogP contribution in [0.4, 0.5) is 10.5 Å². The third-order valence-corrected chi connectivity index (χ3v) is 4.34. The molecule has 0 aliphatic carbocycles. The van der Waals surface area contributed by atoms with Crippen molar-refractivity contribution in [2.24, 2.45) is 0 Å². The van der Waals surface area contributed by atoms with Gasteiger partial charge in [0.1, 0.15) is 0 Å². The highest BCUT2D eigenvalue weighted by atomic mass is 35.5. The van der Waals surface area contributed by atoms with Crippen LogP contribution in [-0.4, -0.2) is 31.7 Å². The van der Waals surface area contributed by atoms with Crippen LogP contribution in [0.3, 0.4) is 0 Å².